The third-order valence-electron chi connectivity index (χ3n) is 8.06. The molecular weight excluding hydrogens is 598 g/mol. The number of azo groups is 1. The van der Waals surface area contributed by atoms with Crippen LogP contribution in [-0.4, -0.2) is 25.8 Å². The summed E-state index contributed by atoms with van der Waals surface area (Å²) in [5.74, 6) is 1.11. The summed E-state index contributed by atoms with van der Waals surface area (Å²) in [6, 6.07) is 23.4. The van der Waals surface area contributed by atoms with Gasteiger partial charge in [0.2, 0.25) is 0 Å². The number of hydrogen-bond donors (Lipinski definition) is 0. The Morgan fingerprint density at radius 3 is 1.73 bits per heavy atom. The number of rotatable bonds is 24. The van der Waals surface area contributed by atoms with Gasteiger partial charge in [-0.15, -0.1) is 0 Å². The molecule has 3 aromatic carbocycles. The smallest absolute Gasteiger partial charge is 0.333 e. The molecule has 0 heterocycles. The number of unbranched alkanes of at least 4 members (excludes halogenated alkanes) is 12. The van der Waals surface area contributed by atoms with Crippen LogP contribution in [0.5, 0.6) is 11.5 Å². The highest BCUT2D eigenvalue weighted by molar-refractivity contribution is 5.86. The molecule has 0 atom stereocenters. The minimum Gasteiger partial charge on any atom is -0.494 e. The van der Waals surface area contributed by atoms with E-state index in [0.29, 0.717) is 36.7 Å². The Balaban J connectivity index is 1.35. The lowest BCUT2D eigenvalue weighted by Gasteiger charge is -2.10. The number of carbonyl (C=O) groups excluding carboxylic acids is 1. The predicted octanol–water partition coefficient (Wildman–Crippen LogP) is 12.0. The lowest BCUT2D eigenvalue weighted by atomic mass is 10.0. The first-order chi connectivity index (χ1) is 23.5. The number of nitriles is 1. The molecule has 48 heavy (non-hydrogen) atoms. The first-order valence-electron chi connectivity index (χ1n) is 17.7. The highest BCUT2D eigenvalue weighted by Gasteiger charge is 2.07. The number of esters is 1. The van der Waals surface area contributed by atoms with E-state index < -0.39 is 0 Å². The molecule has 0 radical (unpaired) electrons. The van der Waals surface area contributed by atoms with Crippen LogP contribution in [0.25, 0.3) is 11.1 Å². The molecule has 0 amide bonds. The summed E-state index contributed by atoms with van der Waals surface area (Å²) >= 11 is 0. The molecule has 0 N–H and O–H groups in total. The van der Waals surface area contributed by atoms with Crippen molar-refractivity contribution < 1.29 is 19.0 Å². The van der Waals surface area contributed by atoms with Gasteiger partial charge in [-0.25, -0.2) is 4.79 Å². The molecule has 0 aliphatic heterocycles. The minimum atomic E-state index is -0.326. The van der Waals surface area contributed by atoms with E-state index in [1.54, 1.807) is 6.92 Å². The van der Waals surface area contributed by atoms with Gasteiger partial charge in [-0.2, -0.15) is 15.5 Å². The molecule has 0 saturated carbocycles. The van der Waals surface area contributed by atoms with Gasteiger partial charge in [0.25, 0.3) is 0 Å². The van der Waals surface area contributed by atoms with Crippen molar-refractivity contribution in [3.63, 3.8) is 0 Å². The summed E-state index contributed by atoms with van der Waals surface area (Å²) in [6.07, 6.45) is 16.6. The first kappa shape index (κ1) is 38.0. The highest BCUT2D eigenvalue weighted by Crippen LogP contribution is 2.29. The molecule has 0 saturated heterocycles. The molecule has 0 spiro atoms. The Morgan fingerprint density at radius 2 is 1.17 bits per heavy atom. The molecule has 256 valence electrons. The zero-order chi connectivity index (χ0) is 34.2. The van der Waals surface area contributed by atoms with Crippen LogP contribution < -0.4 is 9.47 Å². The van der Waals surface area contributed by atoms with E-state index in [0.717, 1.165) is 60.4 Å². The normalized spacial score (nSPS) is 10.9. The molecule has 0 aromatic heterocycles. The van der Waals surface area contributed by atoms with Crippen LogP contribution in [0.1, 0.15) is 109 Å². The Morgan fingerprint density at radius 1 is 0.667 bits per heavy atom. The van der Waals surface area contributed by atoms with Crippen molar-refractivity contribution in [2.75, 3.05) is 19.8 Å². The topological polar surface area (TPSA) is 93.3 Å². The summed E-state index contributed by atoms with van der Waals surface area (Å²) in [6.45, 7) is 9.18. The van der Waals surface area contributed by atoms with Gasteiger partial charge in [-0.1, -0.05) is 89.5 Å². The van der Waals surface area contributed by atoms with Crippen molar-refractivity contribution in [2.45, 2.75) is 104 Å². The maximum atomic E-state index is 11.4. The van der Waals surface area contributed by atoms with Gasteiger partial charge in [-0.05, 0) is 98.7 Å². The first-order valence-corrected chi connectivity index (χ1v) is 17.7. The molecule has 7 heteroatoms. The monoisotopic (exact) mass is 651 g/mol. The number of nitrogens with zero attached hydrogens (tertiary/aromatic N) is 3. The summed E-state index contributed by atoms with van der Waals surface area (Å²) in [5, 5.41) is 18.5. The van der Waals surface area contributed by atoms with Crippen LogP contribution in [-0.2, 0) is 9.53 Å². The maximum absolute atomic E-state index is 11.4. The van der Waals surface area contributed by atoms with E-state index in [1.807, 2.05) is 66.7 Å². The zero-order valence-corrected chi connectivity index (χ0v) is 29.1. The second-order valence-electron chi connectivity index (χ2n) is 12.3. The third-order valence-corrected chi connectivity index (χ3v) is 8.06. The molecule has 3 rings (SSSR count). The molecule has 0 bridgehead atoms. The van der Waals surface area contributed by atoms with Crippen LogP contribution in [0, 0.1) is 11.3 Å². The molecule has 0 aliphatic rings. The zero-order valence-electron chi connectivity index (χ0n) is 29.1. The molecular formula is C41H53N3O4. The van der Waals surface area contributed by atoms with Gasteiger partial charge in [0.15, 0.2) is 0 Å². The van der Waals surface area contributed by atoms with Crippen molar-refractivity contribution in [1.29, 1.82) is 5.26 Å². The predicted molar refractivity (Wildman–Crippen MR) is 194 cm³/mol. The van der Waals surface area contributed by atoms with Crippen molar-refractivity contribution in [2.24, 2.45) is 10.2 Å². The van der Waals surface area contributed by atoms with Crippen LogP contribution in [0.15, 0.2) is 89.1 Å². The summed E-state index contributed by atoms with van der Waals surface area (Å²) in [4.78, 5) is 11.4. The Labute approximate surface area is 288 Å². The second-order valence-corrected chi connectivity index (χ2v) is 12.3. The van der Waals surface area contributed by atoms with Crippen LogP contribution in [0.4, 0.5) is 11.4 Å². The molecule has 7 nitrogen and oxygen atoms in total. The van der Waals surface area contributed by atoms with Crippen molar-refractivity contribution in [3.05, 3.63) is 84.4 Å². The van der Waals surface area contributed by atoms with Gasteiger partial charge in [0, 0.05) is 5.57 Å². The second kappa shape index (κ2) is 23.0. The van der Waals surface area contributed by atoms with E-state index in [2.05, 4.69) is 29.8 Å². The van der Waals surface area contributed by atoms with Gasteiger partial charge in [0.05, 0.1) is 36.8 Å². The van der Waals surface area contributed by atoms with E-state index >= 15 is 0 Å². The molecule has 3 aromatic rings. The molecule has 0 fully saturated rings. The Hall–Kier alpha value is -4.44. The highest BCUT2D eigenvalue weighted by atomic mass is 16.5. The van der Waals surface area contributed by atoms with E-state index in [-0.39, 0.29) is 5.97 Å². The summed E-state index contributed by atoms with van der Waals surface area (Å²) in [5.41, 5.74) is 4.42. The largest absolute Gasteiger partial charge is 0.494 e. The van der Waals surface area contributed by atoms with Crippen LogP contribution in [0.2, 0.25) is 0 Å². The standard InChI is InChI=1S/C41H53N3O4/c1-4-5-6-7-8-9-10-11-12-16-29-47-40-27-20-35(31-36(40)32-42)34-18-21-37(22-19-34)43-44-38-23-25-39(26-24-38)46-28-15-13-14-17-30-48-41(45)33(2)3/h18-27,31H,2,4-17,28-30H2,1,3H3. The van der Waals surface area contributed by atoms with Gasteiger partial charge in [0.1, 0.15) is 17.6 Å². The van der Waals surface area contributed by atoms with Crippen LogP contribution in [0.3, 0.4) is 0 Å². The fraction of sp³-hybridized carbons (Fsp3) is 0.463. The fourth-order valence-electron chi connectivity index (χ4n) is 5.18. The van der Waals surface area contributed by atoms with Crippen LogP contribution >= 0.6 is 0 Å². The summed E-state index contributed by atoms with van der Waals surface area (Å²) in [7, 11) is 0. The summed E-state index contributed by atoms with van der Waals surface area (Å²) < 4.78 is 16.9. The van der Waals surface area contributed by atoms with Gasteiger partial charge in [-0.3, -0.25) is 0 Å². The number of benzene rings is 3. The number of ether oxygens (including phenoxy) is 3. The third kappa shape index (κ3) is 15.0. The Bertz CT molecular complexity index is 1440. The number of hydrogen-bond acceptors (Lipinski definition) is 7. The van der Waals surface area contributed by atoms with Gasteiger partial charge >= 0.3 is 5.97 Å². The van der Waals surface area contributed by atoms with Gasteiger partial charge < -0.3 is 14.2 Å². The fourth-order valence-corrected chi connectivity index (χ4v) is 5.18. The molecule has 0 aliphatic carbocycles. The SMILES string of the molecule is C=C(C)C(=O)OCCCCCCOc1ccc(N=Nc2ccc(-c3ccc(OCCCCCCCCCCCC)c(C#N)c3)cc2)cc1. The lowest BCUT2D eigenvalue weighted by molar-refractivity contribution is -0.139. The van der Waals surface area contributed by atoms with E-state index in [4.69, 9.17) is 14.2 Å². The lowest BCUT2D eigenvalue weighted by Crippen LogP contribution is -2.06. The minimum absolute atomic E-state index is 0.326. The quantitative estimate of drug-likeness (QED) is 0.0416. The number of carbonyl (C=O) groups is 1. The Kier molecular flexibility index (Phi) is 18.2. The average molecular weight is 652 g/mol. The van der Waals surface area contributed by atoms with E-state index in [1.165, 1.54) is 57.8 Å². The maximum Gasteiger partial charge on any atom is 0.333 e. The van der Waals surface area contributed by atoms with Crippen molar-refractivity contribution >= 4 is 17.3 Å². The van der Waals surface area contributed by atoms with Crippen molar-refractivity contribution in [1.82, 2.24) is 0 Å². The molecule has 0 unspecified atom stereocenters. The average Bonchev–Trinajstić information content (AvgIpc) is 3.11. The van der Waals surface area contributed by atoms with E-state index in [9.17, 15) is 10.1 Å². The van der Waals surface area contributed by atoms with Crippen molar-refractivity contribution in [3.8, 4) is 28.7 Å².